The van der Waals surface area contributed by atoms with Crippen molar-refractivity contribution in [2.45, 2.75) is 39.5 Å². The SMILES string of the molecule is CC1CN(CCCCCCO)CC1C. The van der Waals surface area contributed by atoms with E-state index in [2.05, 4.69) is 18.7 Å². The van der Waals surface area contributed by atoms with Gasteiger partial charge in [0, 0.05) is 19.7 Å². The van der Waals surface area contributed by atoms with E-state index >= 15 is 0 Å². The molecule has 1 aliphatic rings. The fourth-order valence-corrected chi connectivity index (χ4v) is 2.23. The van der Waals surface area contributed by atoms with Crippen molar-refractivity contribution in [2.24, 2.45) is 11.8 Å². The van der Waals surface area contributed by atoms with Gasteiger partial charge in [0.05, 0.1) is 0 Å². The molecule has 1 N–H and O–H groups in total. The molecule has 0 saturated carbocycles. The van der Waals surface area contributed by atoms with Crippen LogP contribution >= 0.6 is 0 Å². The molecule has 1 saturated heterocycles. The van der Waals surface area contributed by atoms with Crippen molar-refractivity contribution < 1.29 is 5.11 Å². The first-order valence-corrected chi connectivity index (χ1v) is 6.07. The molecule has 2 atom stereocenters. The average molecular weight is 199 g/mol. The van der Waals surface area contributed by atoms with Crippen molar-refractivity contribution in [1.29, 1.82) is 0 Å². The quantitative estimate of drug-likeness (QED) is 0.662. The lowest BCUT2D eigenvalue weighted by Crippen LogP contribution is -2.21. The van der Waals surface area contributed by atoms with E-state index in [4.69, 9.17) is 5.11 Å². The van der Waals surface area contributed by atoms with Gasteiger partial charge >= 0.3 is 0 Å². The van der Waals surface area contributed by atoms with Crippen molar-refractivity contribution in [3.05, 3.63) is 0 Å². The van der Waals surface area contributed by atoms with Crippen LogP contribution in [0.25, 0.3) is 0 Å². The minimum Gasteiger partial charge on any atom is -0.396 e. The van der Waals surface area contributed by atoms with Gasteiger partial charge in [-0.25, -0.2) is 0 Å². The van der Waals surface area contributed by atoms with E-state index in [1.165, 1.54) is 38.9 Å². The molecule has 0 aromatic rings. The zero-order valence-corrected chi connectivity index (χ0v) is 9.71. The molecule has 0 aliphatic carbocycles. The molecule has 1 heterocycles. The fourth-order valence-electron chi connectivity index (χ4n) is 2.23. The molecule has 0 bridgehead atoms. The second kappa shape index (κ2) is 6.41. The van der Waals surface area contributed by atoms with Crippen LogP contribution in [-0.2, 0) is 0 Å². The molecule has 1 rings (SSSR count). The monoisotopic (exact) mass is 199 g/mol. The van der Waals surface area contributed by atoms with Crippen LogP contribution in [0.3, 0.4) is 0 Å². The molecule has 2 heteroatoms. The lowest BCUT2D eigenvalue weighted by atomic mass is 10.0. The van der Waals surface area contributed by atoms with Crippen molar-refractivity contribution in [3.63, 3.8) is 0 Å². The highest BCUT2D eigenvalue weighted by molar-refractivity contribution is 4.78. The second-order valence-electron chi connectivity index (χ2n) is 4.85. The Hall–Kier alpha value is -0.0800. The molecule has 0 spiro atoms. The summed E-state index contributed by atoms with van der Waals surface area (Å²) < 4.78 is 0. The predicted octanol–water partition coefficient (Wildman–Crippen LogP) is 2.13. The van der Waals surface area contributed by atoms with Crippen molar-refractivity contribution in [2.75, 3.05) is 26.2 Å². The summed E-state index contributed by atoms with van der Waals surface area (Å²) in [6.07, 6.45) is 4.75. The number of rotatable bonds is 6. The Kier molecular flexibility index (Phi) is 5.49. The highest BCUT2D eigenvalue weighted by Crippen LogP contribution is 2.22. The normalized spacial score (nSPS) is 28.5. The van der Waals surface area contributed by atoms with Crippen LogP contribution < -0.4 is 0 Å². The van der Waals surface area contributed by atoms with Gasteiger partial charge < -0.3 is 10.0 Å². The van der Waals surface area contributed by atoms with Gasteiger partial charge in [-0.15, -0.1) is 0 Å². The van der Waals surface area contributed by atoms with Gasteiger partial charge in [0.2, 0.25) is 0 Å². The second-order valence-corrected chi connectivity index (χ2v) is 4.85. The lowest BCUT2D eigenvalue weighted by Gasteiger charge is -2.14. The van der Waals surface area contributed by atoms with Gasteiger partial charge in [-0.05, 0) is 31.2 Å². The molecule has 0 amide bonds. The Bertz CT molecular complexity index is 139. The van der Waals surface area contributed by atoms with E-state index in [-0.39, 0.29) is 0 Å². The number of aliphatic hydroxyl groups excluding tert-OH is 1. The Morgan fingerprint density at radius 1 is 1.00 bits per heavy atom. The number of unbranched alkanes of at least 4 members (excludes halogenated alkanes) is 3. The largest absolute Gasteiger partial charge is 0.396 e. The number of hydrogen-bond donors (Lipinski definition) is 1. The van der Waals surface area contributed by atoms with E-state index in [1.54, 1.807) is 0 Å². The van der Waals surface area contributed by atoms with Gasteiger partial charge in [0.15, 0.2) is 0 Å². The lowest BCUT2D eigenvalue weighted by molar-refractivity contribution is 0.276. The van der Waals surface area contributed by atoms with Crippen molar-refractivity contribution in [1.82, 2.24) is 4.90 Å². The zero-order chi connectivity index (χ0) is 10.4. The smallest absolute Gasteiger partial charge is 0.0431 e. The van der Waals surface area contributed by atoms with Gasteiger partial charge in [-0.3, -0.25) is 0 Å². The van der Waals surface area contributed by atoms with Crippen molar-refractivity contribution in [3.8, 4) is 0 Å². The molecule has 2 nitrogen and oxygen atoms in total. The summed E-state index contributed by atoms with van der Waals surface area (Å²) in [5.41, 5.74) is 0. The van der Waals surface area contributed by atoms with E-state index in [0.717, 1.165) is 18.3 Å². The van der Waals surface area contributed by atoms with Crippen LogP contribution in [0.1, 0.15) is 39.5 Å². The minimum absolute atomic E-state index is 0.359. The standard InChI is InChI=1S/C12H25NO/c1-11-9-13(10-12(11)2)7-5-3-4-6-8-14/h11-12,14H,3-10H2,1-2H3. The van der Waals surface area contributed by atoms with Gasteiger partial charge in [-0.1, -0.05) is 26.7 Å². The van der Waals surface area contributed by atoms with E-state index in [0.29, 0.717) is 6.61 Å². The summed E-state index contributed by atoms with van der Waals surface area (Å²) in [7, 11) is 0. The van der Waals surface area contributed by atoms with Crippen LogP contribution in [-0.4, -0.2) is 36.2 Å². The van der Waals surface area contributed by atoms with E-state index < -0.39 is 0 Å². The molecule has 1 fully saturated rings. The number of nitrogens with zero attached hydrogens (tertiary/aromatic N) is 1. The van der Waals surface area contributed by atoms with Gasteiger partial charge in [0.25, 0.3) is 0 Å². The Balaban J connectivity index is 1.97. The third-order valence-electron chi connectivity index (χ3n) is 3.45. The highest BCUT2D eigenvalue weighted by atomic mass is 16.2. The molecule has 1 aliphatic heterocycles. The number of likely N-dealkylation sites (tertiary alicyclic amines) is 1. The van der Waals surface area contributed by atoms with Gasteiger partial charge in [0.1, 0.15) is 0 Å². The zero-order valence-electron chi connectivity index (χ0n) is 9.71. The Labute approximate surface area is 88.3 Å². The molecular weight excluding hydrogens is 174 g/mol. The molecule has 0 aromatic heterocycles. The van der Waals surface area contributed by atoms with Gasteiger partial charge in [-0.2, -0.15) is 0 Å². The Morgan fingerprint density at radius 3 is 2.14 bits per heavy atom. The first-order chi connectivity index (χ1) is 6.74. The maximum atomic E-state index is 8.64. The maximum Gasteiger partial charge on any atom is 0.0431 e. The summed E-state index contributed by atoms with van der Waals surface area (Å²) in [5, 5.41) is 8.64. The van der Waals surface area contributed by atoms with Crippen LogP contribution in [0, 0.1) is 11.8 Å². The fraction of sp³-hybridized carbons (Fsp3) is 1.00. The third-order valence-corrected chi connectivity index (χ3v) is 3.45. The molecule has 2 unspecified atom stereocenters. The average Bonchev–Trinajstić information content (AvgIpc) is 2.46. The van der Waals surface area contributed by atoms with Crippen LogP contribution in [0.5, 0.6) is 0 Å². The molecule has 14 heavy (non-hydrogen) atoms. The topological polar surface area (TPSA) is 23.5 Å². The number of aliphatic hydroxyl groups is 1. The summed E-state index contributed by atoms with van der Waals surface area (Å²) in [6, 6.07) is 0. The summed E-state index contributed by atoms with van der Waals surface area (Å²) in [6.45, 7) is 8.92. The molecule has 84 valence electrons. The van der Waals surface area contributed by atoms with E-state index in [1.807, 2.05) is 0 Å². The predicted molar refractivity (Wildman–Crippen MR) is 60.3 cm³/mol. The minimum atomic E-state index is 0.359. The molecule has 0 aromatic carbocycles. The summed E-state index contributed by atoms with van der Waals surface area (Å²) >= 11 is 0. The van der Waals surface area contributed by atoms with Crippen molar-refractivity contribution >= 4 is 0 Å². The van der Waals surface area contributed by atoms with Crippen LogP contribution in [0.2, 0.25) is 0 Å². The molecular formula is C12H25NO. The third kappa shape index (κ3) is 3.97. The maximum absolute atomic E-state index is 8.64. The van der Waals surface area contributed by atoms with Crippen LogP contribution in [0.15, 0.2) is 0 Å². The first kappa shape index (κ1) is 12.0. The Morgan fingerprint density at radius 2 is 1.57 bits per heavy atom. The summed E-state index contributed by atoms with van der Waals surface area (Å²) in [4.78, 5) is 2.59. The van der Waals surface area contributed by atoms with E-state index in [9.17, 15) is 0 Å². The summed E-state index contributed by atoms with van der Waals surface area (Å²) in [5.74, 6) is 1.76. The van der Waals surface area contributed by atoms with Crippen LogP contribution in [0.4, 0.5) is 0 Å². The number of hydrogen-bond acceptors (Lipinski definition) is 2. The molecule has 0 radical (unpaired) electrons. The first-order valence-electron chi connectivity index (χ1n) is 6.07. The highest BCUT2D eigenvalue weighted by Gasteiger charge is 2.24.